The molecule has 0 N–H and O–H groups in total. The summed E-state index contributed by atoms with van der Waals surface area (Å²) in [5.41, 5.74) is 2.24. The highest BCUT2D eigenvalue weighted by molar-refractivity contribution is 6.42. The molecule has 2 saturated heterocycles. The molecule has 2 fully saturated rings. The van der Waals surface area contributed by atoms with Crippen molar-refractivity contribution in [2.75, 3.05) is 39.3 Å². The van der Waals surface area contributed by atoms with Gasteiger partial charge in [0.25, 0.3) is 0 Å². The van der Waals surface area contributed by atoms with Gasteiger partial charge in [-0.2, -0.15) is 0 Å². The first kappa shape index (κ1) is 21.6. The molecule has 2 aromatic carbocycles. The van der Waals surface area contributed by atoms with Crippen molar-refractivity contribution < 1.29 is 4.79 Å². The van der Waals surface area contributed by atoms with Crippen LogP contribution in [-0.2, 0) is 17.8 Å². The lowest BCUT2D eigenvalue weighted by atomic mass is 10.1. The molecule has 0 aromatic heterocycles. The number of hydrogen-bond acceptors (Lipinski definition) is 3. The summed E-state index contributed by atoms with van der Waals surface area (Å²) in [4.78, 5) is 20.3. The van der Waals surface area contributed by atoms with Crippen molar-refractivity contribution in [1.29, 1.82) is 0 Å². The Bertz CT molecular complexity index is 855. The Labute approximate surface area is 189 Å². The van der Waals surface area contributed by atoms with E-state index in [-0.39, 0.29) is 11.9 Å². The Hall–Kier alpha value is -1.59. The maximum absolute atomic E-state index is 13.2. The van der Waals surface area contributed by atoms with E-state index in [9.17, 15) is 4.79 Å². The zero-order chi connectivity index (χ0) is 20.9. The summed E-state index contributed by atoms with van der Waals surface area (Å²) in [6, 6.07) is 16.3. The summed E-state index contributed by atoms with van der Waals surface area (Å²) in [5, 5.41) is 1.03. The molecule has 0 aliphatic carbocycles. The minimum Gasteiger partial charge on any atom is -0.336 e. The smallest absolute Gasteiger partial charge is 0.227 e. The van der Waals surface area contributed by atoms with Crippen molar-refractivity contribution in [1.82, 2.24) is 14.7 Å². The van der Waals surface area contributed by atoms with Gasteiger partial charge in [-0.15, -0.1) is 0 Å². The Morgan fingerprint density at radius 3 is 2.37 bits per heavy atom. The van der Waals surface area contributed by atoms with Gasteiger partial charge in [0.05, 0.1) is 22.5 Å². The maximum atomic E-state index is 13.2. The fourth-order valence-corrected chi connectivity index (χ4v) is 4.90. The lowest BCUT2D eigenvalue weighted by molar-refractivity contribution is -0.136. The fourth-order valence-electron chi connectivity index (χ4n) is 4.58. The lowest BCUT2D eigenvalue weighted by Crippen LogP contribution is -2.58. The number of carbonyl (C=O) groups excluding carboxylic acids is 1. The molecule has 0 spiro atoms. The molecule has 0 saturated carbocycles. The van der Waals surface area contributed by atoms with E-state index in [0.717, 1.165) is 51.4 Å². The van der Waals surface area contributed by atoms with Gasteiger partial charge < -0.3 is 9.80 Å². The number of likely N-dealkylation sites (tertiary alicyclic amines) is 1. The fraction of sp³-hybridized carbons (Fsp3) is 0.458. The standard InChI is InChI=1S/C24H29Cl2N3O/c25-22-9-8-20(14-23(22)26)15-24(30)29-13-12-28(16-19-6-2-1-3-7-19)18-21(29)17-27-10-4-5-11-27/h1-3,6-9,14,21H,4-5,10-13,15-18H2/t21-/m1/s1. The number of rotatable bonds is 6. The molecule has 0 unspecified atom stereocenters. The van der Waals surface area contributed by atoms with Crippen LogP contribution in [0.3, 0.4) is 0 Å². The molecule has 4 nitrogen and oxygen atoms in total. The van der Waals surface area contributed by atoms with Crippen molar-refractivity contribution in [3.8, 4) is 0 Å². The Balaban J connectivity index is 1.44. The second-order valence-electron chi connectivity index (χ2n) is 8.39. The second-order valence-corrected chi connectivity index (χ2v) is 9.21. The van der Waals surface area contributed by atoms with E-state index in [2.05, 4.69) is 45.0 Å². The highest BCUT2D eigenvalue weighted by atomic mass is 35.5. The van der Waals surface area contributed by atoms with E-state index in [1.165, 1.54) is 18.4 Å². The summed E-state index contributed by atoms with van der Waals surface area (Å²) in [6.45, 7) is 6.76. The van der Waals surface area contributed by atoms with Crippen molar-refractivity contribution in [3.63, 3.8) is 0 Å². The van der Waals surface area contributed by atoms with Gasteiger partial charge in [0, 0.05) is 32.7 Å². The number of amides is 1. The largest absolute Gasteiger partial charge is 0.336 e. The number of piperazine rings is 1. The molecule has 6 heteroatoms. The van der Waals surface area contributed by atoms with Crippen LogP contribution < -0.4 is 0 Å². The van der Waals surface area contributed by atoms with Gasteiger partial charge in [0.1, 0.15) is 0 Å². The van der Waals surface area contributed by atoms with E-state index in [0.29, 0.717) is 16.5 Å². The van der Waals surface area contributed by atoms with Crippen molar-refractivity contribution in [2.45, 2.75) is 31.8 Å². The van der Waals surface area contributed by atoms with Crippen LogP contribution in [0.25, 0.3) is 0 Å². The lowest BCUT2D eigenvalue weighted by Gasteiger charge is -2.43. The molecule has 2 heterocycles. The third-order valence-electron chi connectivity index (χ3n) is 6.14. The maximum Gasteiger partial charge on any atom is 0.227 e. The van der Waals surface area contributed by atoms with Gasteiger partial charge in [0.2, 0.25) is 5.91 Å². The van der Waals surface area contributed by atoms with Crippen LogP contribution in [0, 0.1) is 0 Å². The Kier molecular flexibility index (Phi) is 7.32. The highest BCUT2D eigenvalue weighted by Gasteiger charge is 2.32. The van der Waals surface area contributed by atoms with Gasteiger partial charge in [-0.25, -0.2) is 0 Å². The van der Waals surface area contributed by atoms with Crippen LogP contribution in [0.2, 0.25) is 10.0 Å². The number of hydrogen-bond donors (Lipinski definition) is 0. The first-order valence-corrected chi connectivity index (χ1v) is 11.6. The molecule has 1 atom stereocenters. The second kappa shape index (κ2) is 10.1. The van der Waals surface area contributed by atoms with Crippen molar-refractivity contribution in [2.24, 2.45) is 0 Å². The van der Waals surface area contributed by atoms with Crippen LogP contribution in [0.5, 0.6) is 0 Å². The zero-order valence-corrected chi connectivity index (χ0v) is 18.8. The zero-order valence-electron chi connectivity index (χ0n) is 17.3. The van der Waals surface area contributed by atoms with E-state index in [4.69, 9.17) is 23.2 Å². The quantitative estimate of drug-likeness (QED) is 0.661. The SMILES string of the molecule is O=C(Cc1ccc(Cl)c(Cl)c1)N1CCN(Cc2ccccc2)C[C@H]1CN1CCCC1. The third kappa shape index (κ3) is 5.55. The minimum atomic E-state index is 0.178. The van der Waals surface area contributed by atoms with E-state index in [1.807, 2.05) is 12.1 Å². The molecule has 4 rings (SSSR count). The molecule has 2 aliphatic heterocycles. The average Bonchev–Trinajstić information content (AvgIpc) is 3.25. The molecule has 30 heavy (non-hydrogen) atoms. The molecule has 160 valence electrons. The van der Waals surface area contributed by atoms with Gasteiger partial charge in [-0.05, 0) is 49.2 Å². The van der Waals surface area contributed by atoms with Gasteiger partial charge >= 0.3 is 0 Å². The first-order chi connectivity index (χ1) is 14.6. The summed E-state index contributed by atoms with van der Waals surface area (Å²) in [7, 11) is 0. The molecule has 1 amide bonds. The predicted molar refractivity (Wildman–Crippen MR) is 123 cm³/mol. The number of nitrogens with zero attached hydrogens (tertiary/aromatic N) is 3. The van der Waals surface area contributed by atoms with Crippen LogP contribution in [0.15, 0.2) is 48.5 Å². The van der Waals surface area contributed by atoms with Gasteiger partial charge in [0.15, 0.2) is 0 Å². The van der Waals surface area contributed by atoms with E-state index < -0.39 is 0 Å². The monoisotopic (exact) mass is 445 g/mol. The number of benzene rings is 2. The van der Waals surface area contributed by atoms with E-state index >= 15 is 0 Å². The van der Waals surface area contributed by atoms with Crippen LogP contribution >= 0.6 is 23.2 Å². The van der Waals surface area contributed by atoms with Crippen LogP contribution in [0.4, 0.5) is 0 Å². The predicted octanol–water partition coefficient (Wildman–Crippen LogP) is 4.34. The van der Waals surface area contributed by atoms with Crippen molar-refractivity contribution in [3.05, 3.63) is 69.7 Å². The van der Waals surface area contributed by atoms with Gasteiger partial charge in [-0.3, -0.25) is 9.69 Å². The summed E-state index contributed by atoms with van der Waals surface area (Å²) >= 11 is 12.2. The van der Waals surface area contributed by atoms with Crippen LogP contribution in [0.1, 0.15) is 24.0 Å². The summed E-state index contributed by atoms with van der Waals surface area (Å²) in [6.07, 6.45) is 2.89. The molecular weight excluding hydrogens is 417 g/mol. The molecular formula is C24H29Cl2N3O. The number of carbonyl (C=O) groups is 1. The Morgan fingerprint density at radius 2 is 1.63 bits per heavy atom. The minimum absolute atomic E-state index is 0.178. The number of halogens is 2. The molecule has 0 radical (unpaired) electrons. The van der Waals surface area contributed by atoms with Crippen molar-refractivity contribution >= 4 is 29.1 Å². The average molecular weight is 446 g/mol. The van der Waals surface area contributed by atoms with Gasteiger partial charge in [-0.1, -0.05) is 59.6 Å². The molecule has 2 aromatic rings. The molecule has 2 aliphatic rings. The van der Waals surface area contributed by atoms with E-state index in [1.54, 1.807) is 6.07 Å². The normalized spacial score (nSPS) is 20.6. The third-order valence-corrected chi connectivity index (χ3v) is 6.88. The highest BCUT2D eigenvalue weighted by Crippen LogP contribution is 2.24. The van der Waals surface area contributed by atoms with Crippen LogP contribution in [-0.4, -0.2) is 65.9 Å². The Morgan fingerprint density at radius 1 is 0.867 bits per heavy atom. The molecule has 0 bridgehead atoms. The first-order valence-electron chi connectivity index (χ1n) is 10.8. The summed E-state index contributed by atoms with van der Waals surface area (Å²) < 4.78 is 0. The topological polar surface area (TPSA) is 26.8 Å². The summed E-state index contributed by atoms with van der Waals surface area (Å²) in [5.74, 6) is 0.178.